The van der Waals surface area contributed by atoms with Gasteiger partial charge in [-0.25, -0.2) is 4.98 Å². The van der Waals surface area contributed by atoms with Gasteiger partial charge >= 0.3 is 0 Å². The third-order valence-corrected chi connectivity index (χ3v) is 4.49. The first-order chi connectivity index (χ1) is 12.7. The number of imidazole rings is 1. The van der Waals surface area contributed by atoms with Crippen molar-refractivity contribution < 1.29 is 4.79 Å². The van der Waals surface area contributed by atoms with Gasteiger partial charge < -0.3 is 9.88 Å². The zero-order valence-electron chi connectivity index (χ0n) is 16.3. The van der Waals surface area contributed by atoms with Crippen LogP contribution in [0.15, 0.2) is 48.1 Å². The second kappa shape index (κ2) is 10.6. The maximum atomic E-state index is 12.5. The average Bonchev–Trinajstić information content (AvgIpc) is 3.06. The minimum atomic E-state index is 0.208. The van der Waals surface area contributed by atoms with E-state index in [1.165, 1.54) is 5.57 Å². The molecule has 0 spiro atoms. The van der Waals surface area contributed by atoms with E-state index in [4.69, 9.17) is 0 Å². The van der Waals surface area contributed by atoms with E-state index in [0.29, 0.717) is 12.8 Å². The minimum Gasteiger partial charge on any atom is -0.343 e. The molecule has 0 radical (unpaired) electrons. The number of nitrogens with one attached hydrogen (secondary N) is 1. The third-order valence-electron chi connectivity index (χ3n) is 4.49. The molecule has 4 heteroatoms. The van der Waals surface area contributed by atoms with E-state index >= 15 is 0 Å². The Labute approximate surface area is 157 Å². The van der Waals surface area contributed by atoms with Crippen molar-refractivity contribution in [1.82, 2.24) is 14.9 Å². The van der Waals surface area contributed by atoms with Gasteiger partial charge in [-0.1, -0.05) is 42.9 Å². The van der Waals surface area contributed by atoms with Crippen LogP contribution in [0.25, 0.3) is 11.0 Å². The first-order valence-electron chi connectivity index (χ1n) is 9.71. The van der Waals surface area contributed by atoms with Crippen LogP contribution in [0.5, 0.6) is 0 Å². The van der Waals surface area contributed by atoms with Crippen molar-refractivity contribution in [3.63, 3.8) is 0 Å². The van der Waals surface area contributed by atoms with Gasteiger partial charge in [0.2, 0.25) is 5.91 Å². The van der Waals surface area contributed by atoms with Gasteiger partial charge in [0.15, 0.2) is 0 Å². The number of H-pyrrole nitrogens is 1. The smallest absolute Gasteiger partial charge is 0.223 e. The largest absolute Gasteiger partial charge is 0.343 e. The van der Waals surface area contributed by atoms with Crippen molar-refractivity contribution >= 4 is 16.9 Å². The van der Waals surface area contributed by atoms with E-state index < -0.39 is 0 Å². The van der Waals surface area contributed by atoms with Crippen LogP contribution in [0.4, 0.5) is 0 Å². The molecule has 0 aliphatic carbocycles. The monoisotopic (exact) mass is 353 g/mol. The number of para-hydroxylation sites is 2. The van der Waals surface area contributed by atoms with E-state index in [0.717, 1.165) is 49.2 Å². The lowest BCUT2D eigenvalue weighted by Gasteiger charge is -2.21. The summed E-state index contributed by atoms with van der Waals surface area (Å²) in [6.45, 7) is 7.82. The molecule has 140 valence electrons. The van der Waals surface area contributed by atoms with E-state index in [1.807, 2.05) is 43.0 Å². The summed E-state index contributed by atoms with van der Waals surface area (Å²) in [7, 11) is 0. The number of fused-ring (bicyclic) bond motifs is 1. The fourth-order valence-electron chi connectivity index (χ4n) is 3.17. The molecule has 2 rings (SSSR count). The number of benzene rings is 1. The minimum absolute atomic E-state index is 0.208. The molecule has 1 aromatic carbocycles. The van der Waals surface area contributed by atoms with Crippen LogP contribution in [0.3, 0.4) is 0 Å². The Kier molecular flexibility index (Phi) is 8.13. The van der Waals surface area contributed by atoms with Gasteiger partial charge in [0.1, 0.15) is 5.82 Å². The number of carbonyl (C=O) groups is 1. The zero-order valence-corrected chi connectivity index (χ0v) is 16.3. The first kappa shape index (κ1) is 20.0. The van der Waals surface area contributed by atoms with Crippen LogP contribution in [-0.2, 0) is 11.2 Å². The average molecular weight is 354 g/mol. The standard InChI is InChI=1S/C22H31N3O/c1-4-10-18(11-5-2)12-9-17-25(6-3)22(26)16-15-21-23-19-13-7-8-14-20(19)24-21/h4,7-8,10-11,13-14H,5-6,9,12,15-17H2,1-3H3,(H,23,24)/b10-4-,18-11+. The maximum absolute atomic E-state index is 12.5. The number of carbonyl (C=O) groups excluding carboxylic acids is 1. The quantitative estimate of drug-likeness (QED) is 0.609. The summed E-state index contributed by atoms with van der Waals surface area (Å²) in [5.41, 5.74) is 3.35. The molecular weight excluding hydrogens is 322 g/mol. The molecule has 0 bridgehead atoms. The van der Waals surface area contributed by atoms with Crippen molar-refractivity contribution in [2.75, 3.05) is 13.1 Å². The molecule has 0 aliphatic heterocycles. The molecule has 0 fully saturated rings. The SMILES string of the molecule is C/C=C\C(=C/CC)CCCN(CC)C(=O)CCc1nc2ccccc2[nH]1. The normalized spacial score (nSPS) is 12.2. The predicted molar refractivity (Wildman–Crippen MR) is 109 cm³/mol. The molecule has 4 nitrogen and oxygen atoms in total. The maximum Gasteiger partial charge on any atom is 0.223 e. The highest BCUT2D eigenvalue weighted by Gasteiger charge is 2.12. The van der Waals surface area contributed by atoms with Gasteiger partial charge in [-0.05, 0) is 45.2 Å². The number of aromatic amines is 1. The van der Waals surface area contributed by atoms with Crippen molar-refractivity contribution in [3.8, 4) is 0 Å². The van der Waals surface area contributed by atoms with Gasteiger partial charge in [0.05, 0.1) is 11.0 Å². The molecule has 1 amide bonds. The van der Waals surface area contributed by atoms with E-state index in [2.05, 4.69) is 35.1 Å². The topological polar surface area (TPSA) is 49.0 Å². The molecule has 0 saturated heterocycles. The number of aryl methyl sites for hydroxylation is 1. The Morgan fingerprint density at radius 3 is 2.73 bits per heavy atom. The highest BCUT2D eigenvalue weighted by Crippen LogP contribution is 2.13. The summed E-state index contributed by atoms with van der Waals surface area (Å²) in [5.74, 6) is 1.09. The first-order valence-corrected chi connectivity index (χ1v) is 9.71. The highest BCUT2D eigenvalue weighted by molar-refractivity contribution is 5.77. The molecule has 1 aromatic heterocycles. The number of allylic oxidation sites excluding steroid dienone is 4. The van der Waals surface area contributed by atoms with Crippen LogP contribution < -0.4 is 0 Å². The number of aromatic nitrogens is 2. The van der Waals surface area contributed by atoms with E-state index in [9.17, 15) is 4.79 Å². The summed E-state index contributed by atoms with van der Waals surface area (Å²) in [4.78, 5) is 22.4. The van der Waals surface area contributed by atoms with Crippen molar-refractivity contribution in [1.29, 1.82) is 0 Å². The molecule has 26 heavy (non-hydrogen) atoms. The summed E-state index contributed by atoms with van der Waals surface area (Å²) >= 11 is 0. The summed E-state index contributed by atoms with van der Waals surface area (Å²) < 4.78 is 0. The van der Waals surface area contributed by atoms with Gasteiger partial charge in [-0.15, -0.1) is 0 Å². The van der Waals surface area contributed by atoms with Gasteiger partial charge in [0, 0.05) is 25.9 Å². The fraction of sp³-hybridized carbons (Fsp3) is 0.455. The third kappa shape index (κ3) is 5.87. The Balaban J connectivity index is 1.82. The highest BCUT2D eigenvalue weighted by atomic mass is 16.2. The number of hydrogen-bond donors (Lipinski definition) is 1. The number of hydrogen-bond acceptors (Lipinski definition) is 2. The van der Waals surface area contributed by atoms with Gasteiger partial charge in [-0.2, -0.15) is 0 Å². The van der Waals surface area contributed by atoms with Crippen LogP contribution in [0.2, 0.25) is 0 Å². The Hall–Kier alpha value is -2.36. The Bertz CT molecular complexity index is 725. The number of rotatable bonds is 10. The van der Waals surface area contributed by atoms with Crippen molar-refractivity contribution in [2.45, 2.75) is 52.9 Å². The molecular formula is C22H31N3O. The predicted octanol–water partition coefficient (Wildman–Crippen LogP) is 5.04. The lowest BCUT2D eigenvalue weighted by atomic mass is 10.1. The van der Waals surface area contributed by atoms with Crippen LogP contribution >= 0.6 is 0 Å². The molecule has 0 aliphatic rings. The number of nitrogens with zero attached hydrogens (tertiary/aromatic N) is 2. The summed E-state index contributed by atoms with van der Waals surface area (Å²) in [5, 5.41) is 0. The molecule has 0 atom stereocenters. The second-order valence-electron chi connectivity index (χ2n) is 6.46. The lowest BCUT2D eigenvalue weighted by molar-refractivity contribution is -0.131. The molecule has 1 heterocycles. The van der Waals surface area contributed by atoms with E-state index in [-0.39, 0.29) is 5.91 Å². The van der Waals surface area contributed by atoms with Crippen molar-refractivity contribution in [3.05, 3.63) is 53.9 Å². The van der Waals surface area contributed by atoms with Crippen LogP contribution in [0, 0.1) is 0 Å². The fourth-order valence-corrected chi connectivity index (χ4v) is 3.17. The van der Waals surface area contributed by atoms with E-state index in [1.54, 1.807) is 0 Å². The summed E-state index contributed by atoms with van der Waals surface area (Å²) in [6, 6.07) is 7.97. The van der Waals surface area contributed by atoms with Crippen LogP contribution in [-0.4, -0.2) is 33.9 Å². The number of amides is 1. The van der Waals surface area contributed by atoms with Gasteiger partial charge in [-0.3, -0.25) is 4.79 Å². The lowest BCUT2D eigenvalue weighted by Crippen LogP contribution is -2.32. The summed E-state index contributed by atoms with van der Waals surface area (Å²) in [6.07, 6.45) is 10.7. The van der Waals surface area contributed by atoms with Crippen molar-refractivity contribution in [2.24, 2.45) is 0 Å². The van der Waals surface area contributed by atoms with Gasteiger partial charge in [0.25, 0.3) is 0 Å². The second-order valence-corrected chi connectivity index (χ2v) is 6.46. The Morgan fingerprint density at radius 1 is 1.23 bits per heavy atom. The Morgan fingerprint density at radius 2 is 2.04 bits per heavy atom. The zero-order chi connectivity index (χ0) is 18.8. The molecule has 0 unspecified atom stereocenters. The molecule has 0 saturated carbocycles. The molecule has 1 N–H and O–H groups in total. The van der Waals surface area contributed by atoms with Crippen LogP contribution in [0.1, 0.15) is 52.3 Å². The molecule has 2 aromatic rings.